The highest BCUT2D eigenvalue weighted by molar-refractivity contribution is 7.62. The minimum atomic E-state index is -3.19. The molecule has 0 spiro atoms. The Morgan fingerprint density at radius 1 is 1.15 bits per heavy atom. The van der Waals surface area contributed by atoms with Gasteiger partial charge in [-0.05, 0) is 36.8 Å². The zero-order valence-electron chi connectivity index (χ0n) is 13.3. The zero-order valence-corrected chi connectivity index (χ0v) is 14.2. The van der Waals surface area contributed by atoms with E-state index in [9.17, 15) is 4.57 Å². The van der Waals surface area contributed by atoms with Crippen LogP contribution in [0.2, 0.25) is 0 Å². The summed E-state index contributed by atoms with van der Waals surface area (Å²) < 4.78 is 24.0. The molecule has 1 rings (SSSR count). The lowest BCUT2D eigenvalue weighted by atomic mass is 9.86. The van der Waals surface area contributed by atoms with Gasteiger partial charge in [0.2, 0.25) is 0 Å². The summed E-state index contributed by atoms with van der Waals surface area (Å²) in [6.07, 6.45) is 1.02. The highest BCUT2D eigenvalue weighted by atomic mass is 31.2. The molecule has 0 N–H and O–H groups in total. The highest BCUT2D eigenvalue weighted by Gasteiger charge is 2.28. The highest BCUT2D eigenvalue weighted by Crippen LogP contribution is 2.47. The molecule has 20 heavy (non-hydrogen) atoms. The van der Waals surface area contributed by atoms with Crippen molar-refractivity contribution in [1.29, 1.82) is 0 Å². The Morgan fingerprint density at radius 3 is 2.25 bits per heavy atom. The number of hydrogen-bond acceptors (Lipinski definition) is 3. The maximum absolute atomic E-state index is 12.8. The van der Waals surface area contributed by atoms with Gasteiger partial charge in [0.05, 0.1) is 18.5 Å². The van der Waals surface area contributed by atoms with Crippen LogP contribution in [0.25, 0.3) is 0 Å². The smallest absolute Gasteiger partial charge is 0.305 e. The molecule has 4 heteroatoms. The Kier molecular flexibility index (Phi) is 6.44. The van der Waals surface area contributed by atoms with Gasteiger partial charge in [-0.25, -0.2) is 0 Å². The standard InChI is InChI=1S/C16H27O3P/c1-6-18-20(17,15-10-8-7-9-11-15)19-13-14(2)12-16(3,4)5/h7-11,14H,6,12-13H2,1-5H3. The van der Waals surface area contributed by atoms with Crippen LogP contribution in [0.3, 0.4) is 0 Å². The largest absolute Gasteiger partial charge is 0.361 e. The van der Waals surface area contributed by atoms with E-state index < -0.39 is 7.60 Å². The fraction of sp³-hybridized carbons (Fsp3) is 0.625. The Labute approximate surface area is 123 Å². The van der Waals surface area contributed by atoms with Crippen LogP contribution < -0.4 is 5.30 Å². The third-order valence-electron chi connectivity index (χ3n) is 2.86. The monoisotopic (exact) mass is 298 g/mol. The van der Waals surface area contributed by atoms with Crippen LogP contribution in [-0.2, 0) is 13.6 Å². The molecule has 0 saturated heterocycles. The van der Waals surface area contributed by atoms with E-state index in [1.807, 2.05) is 25.1 Å². The van der Waals surface area contributed by atoms with Gasteiger partial charge in [0.25, 0.3) is 0 Å². The minimum absolute atomic E-state index is 0.241. The SMILES string of the molecule is CCOP(=O)(OCC(C)CC(C)(C)C)c1ccccc1. The van der Waals surface area contributed by atoms with Crippen molar-refractivity contribution in [3.05, 3.63) is 30.3 Å². The van der Waals surface area contributed by atoms with Crippen LogP contribution in [0.5, 0.6) is 0 Å². The molecule has 1 aromatic rings. The van der Waals surface area contributed by atoms with Gasteiger partial charge in [-0.1, -0.05) is 45.9 Å². The van der Waals surface area contributed by atoms with Crippen molar-refractivity contribution in [2.45, 2.75) is 41.0 Å². The van der Waals surface area contributed by atoms with E-state index in [1.54, 1.807) is 12.1 Å². The third-order valence-corrected chi connectivity index (χ3v) is 4.88. The summed E-state index contributed by atoms with van der Waals surface area (Å²) in [7, 11) is -3.19. The van der Waals surface area contributed by atoms with E-state index in [4.69, 9.17) is 9.05 Å². The van der Waals surface area contributed by atoms with Gasteiger partial charge in [0.1, 0.15) is 0 Å². The van der Waals surface area contributed by atoms with Crippen LogP contribution in [0.4, 0.5) is 0 Å². The molecule has 114 valence electrons. The van der Waals surface area contributed by atoms with Crippen molar-refractivity contribution < 1.29 is 13.6 Å². The normalized spacial score (nSPS) is 16.6. The molecule has 0 bridgehead atoms. The van der Waals surface area contributed by atoms with E-state index >= 15 is 0 Å². The second-order valence-electron chi connectivity index (χ2n) is 6.42. The molecule has 0 aliphatic carbocycles. The Bertz CT molecular complexity index is 437. The lowest BCUT2D eigenvalue weighted by molar-refractivity contribution is 0.172. The first-order chi connectivity index (χ1) is 9.27. The molecule has 1 aromatic carbocycles. The molecule has 0 fully saturated rings. The summed E-state index contributed by atoms with van der Waals surface area (Å²) in [5.41, 5.74) is 0.241. The number of hydrogen-bond donors (Lipinski definition) is 0. The second-order valence-corrected chi connectivity index (χ2v) is 8.44. The van der Waals surface area contributed by atoms with Crippen molar-refractivity contribution in [3.63, 3.8) is 0 Å². The lowest BCUT2D eigenvalue weighted by Gasteiger charge is -2.25. The van der Waals surface area contributed by atoms with Crippen molar-refractivity contribution in [1.82, 2.24) is 0 Å². The quantitative estimate of drug-likeness (QED) is 0.688. The summed E-state index contributed by atoms with van der Waals surface area (Å²) >= 11 is 0. The van der Waals surface area contributed by atoms with Gasteiger partial charge in [-0.15, -0.1) is 0 Å². The minimum Gasteiger partial charge on any atom is -0.305 e. The maximum atomic E-state index is 12.8. The van der Waals surface area contributed by atoms with Crippen LogP contribution in [0, 0.1) is 11.3 Å². The molecule has 0 heterocycles. The van der Waals surface area contributed by atoms with Crippen LogP contribution in [0.1, 0.15) is 41.0 Å². The summed E-state index contributed by atoms with van der Waals surface area (Å²) in [4.78, 5) is 0. The van der Waals surface area contributed by atoms with Gasteiger partial charge in [-0.3, -0.25) is 4.57 Å². The molecular weight excluding hydrogens is 271 g/mol. The molecule has 2 atom stereocenters. The average molecular weight is 298 g/mol. The third kappa shape index (κ3) is 5.78. The van der Waals surface area contributed by atoms with Crippen molar-refractivity contribution in [3.8, 4) is 0 Å². The Hall–Kier alpha value is -0.630. The fourth-order valence-corrected chi connectivity index (χ4v) is 4.00. The van der Waals surface area contributed by atoms with Crippen LogP contribution in [-0.4, -0.2) is 13.2 Å². The lowest BCUT2D eigenvalue weighted by Crippen LogP contribution is -2.17. The van der Waals surface area contributed by atoms with E-state index in [1.165, 1.54) is 0 Å². The van der Waals surface area contributed by atoms with Gasteiger partial charge >= 0.3 is 7.60 Å². The number of benzene rings is 1. The van der Waals surface area contributed by atoms with Gasteiger partial charge in [0.15, 0.2) is 0 Å². The maximum Gasteiger partial charge on any atom is 0.361 e. The first-order valence-corrected chi connectivity index (χ1v) is 8.76. The molecule has 0 radical (unpaired) electrons. The van der Waals surface area contributed by atoms with E-state index in [-0.39, 0.29) is 5.41 Å². The van der Waals surface area contributed by atoms with Gasteiger partial charge in [-0.2, -0.15) is 0 Å². The van der Waals surface area contributed by atoms with Crippen LogP contribution in [0.15, 0.2) is 30.3 Å². The molecule has 2 unspecified atom stereocenters. The Balaban J connectivity index is 2.71. The molecule has 0 aromatic heterocycles. The molecule has 0 saturated carbocycles. The first kappa shape index (κ1) is 17.4. The molecule has 3 nitrogen and oxygen atoms in total. The summed E-state index contributed by atoms with van der Waals surface area (Å²) in [5.74, 6) is 0.340. The van der Waals surface area contributed by atoms with E-state index in [2.05, 4.69) is 27.7 Å². The van der Waals surface area contributed by atoms with Gasteiger partial charge < -0.3 is 9.05 Å². The summed E-state index contributed by atoms with van der Waals surface area (Å²) in [6, 6.07) is 9.18. The molecular formula is C16H27O3P. The zero-order chi connectivity index (χ0) is 15.2. The molecule has 0 amide bonds. The summed E-state index contributed by atoms with van der Waals surface area (Å²) in [6.45, 7) is 11.4. The van der Waals surface area contributed by atoms with Crippen LogP contribution >= 0.6 is 7.60 Å². The first-order valence-electron chi connectivity index (χ1n) is 7.21. The molecule has 0 aliphatic rings. The predicted octanol–water partition coefficient (Wildman–Crippen LogP) is 4.63. The second kappa shape index (κ2) is 7.40. The summed E-state index contributed by atoms with van der Waals surface area (Å²) in [5, 5.41) is 0.629. The topological polar surface area (TPSA) is 35.5 Å². The van der Waals surface area contributed by atoms with E-state index in [0.717, 1.165) is 6.42 Å². The Morgan fingerprint density at radius 2 is 1.75 bits per heavy atom. The van der Waals surface area contributed by atoms with Crippen molar-refractivity contribution >= 4 is 12.9 Å². The predicted molar refractivity (Wildman–Crippen MR) is 84.5 cm³/mol. The number of rotatable bonds is 7. The van der Waals surface area contributed by atoms with Crippen molar-refractivity contribution in [2.75, 3.05) is 13.2 Å². The van der Waals surface area contributed by atoms with Gasteiger partial charge in [0, 0.05) is 0 Å². The van der Waals surface area contributed by atoms with E-state index in [0.29, 0.717) is 24.4 Å². The van der Waals surface area contributed by atoms with Crippen molar-refractivity contribution in [2.24, 2.45) is 11.3 Å². The molecule has 0 aliphatic heterocycles. The average Bonchev–Trinajstić information content (AvgIpc) is 2.36. The fourth-order valence-electron chi connectivity index (χ4n) is 2.30.